The van der Waals surface area contributed by atoms with Crippen LogP contribution in [0.15, 0.2) is 92.7 Å². The van der Waals surface area contributed by atoms with Gasteiger partial charge in [0.2, 0.25) is 0 Å². The molecule has 0 bridgehead atoms. The Kier molecular flexibility index (Phi) is 7.47. The highest BCUT2D eigenvalue weighted by molar-refractivity contribution is 9.10. The van der Waals surface area contributed by atoms with E-state index < -0.39 is 5.92 Å². The predicted molar refractivity (Wildman–Crippen MR) is 154 cm³/mol. The number of hydrogen-bond acceptors (Lipinski definition) is 5. The van der Waals surface area contributed by atoms with Crippen LogP contribution in [0.2, 0.25) is 0 Å². The van der Waals surface area contributed by atoms with E-state index in [1.807, 2.05) is 36.1 Å². The number of halogens is 2. The fourth-order valence-electron chi connectivity index (χ4n) is 5.36. The van der Waals surface area contributed by atoms with Crippen LogP contribution in [0.4, 0.5) is 10.1 Å². The third kappa shape index (κ3) is 4.91. The molecule has 5 rings (SSSR count). The van der Waals surface area contributed by atoms with Gasteiger partial charge in [-0.25, -0.2) is 4.39 Å². The number of carbonyl (C=O) groups excluding carboxylic acids is 1. The molecular weight excluding hydrogens is 561 g/mol. The molecule has 3 aromatic carbocycles. The summed E-state index contributed by atoms with van der Waals surface area (Å²) in [5, 5.41) is 10.4. The molecule has 0 radical (unpaired) electrons. The molecule has 1 unspecified atom stereocenters. The molecule has 1 heterocycles. The molecule has 0 fully saturated rings. The minimum atomic E-state index is -0.510. The minimum Gasteiger partial charge on any atom is -0.384 e. The zero-order valence-corrected chi connectivity index (χ0v) is 23.6. The van der Waals surface area contributed by atoms with Gasteiger partial charge in [-0.15, -0.1) is 11.8 Å². The Morgan fingerprint density at radius 1 is 1.08 bits per heavy atom. The summed E-state index contributed by atoms with van der Waals surface area (Å²) < 4.78 is 14.3. The summed E-state index contributed by atoms with van der Waals surface area (Å²) in [6.07, 6.45) is 1.92. The Balaban J connectivity index is 1.61. The second kappa shape index (κ2) is 10.8. The molecule has 3 aromatic rings. The predicted octanol–water partition coefficient (Wildman–Crippen LogP) is 7.80. The third-order valence-corrected chi connectivity index (χ3v) is 8.83. The topological polar surface area (TPSA) is 70.1 Å². The lowest BCUT2D eigenvalue weighted by Crippen LogP contribution is -2.38. The fraction of sp³-hybridized carbons (Fsp3) is 0.226. The number of allylic oxidation sites excluding steroid dienone is 3. The maximum atomic E-state index is 13.5. The van der Waals surface area contributed by atoms with Crippen LogP contribution in [-0.4, -0.2) is 5.78 Å². The number of thioether (sulfide) groups is 1. The van der Waals surface area contributed by atoms with Gasteiger partial charge in [-0.2, -0.15) is 5.26 Å². The number of ketones is 1. The van der Waals surface area contributed by atoms with Crippen LogP contribution in [0.1, 0.15) is 47.4 Å². The van der Waals surface area contributed by atoms with E-state index in [2.05, 4.69) is 41.1 Å². The molecular formula is C31H27BrFN3OS. The molecule has 0 amide bonds. The van der Waals surface area contributed by atoms with Gasteiger partial charge in [-0.3, -0.25) is 9.69 Å². The van der Waals surface area contributed by atoms with E-state index in [0.29, 0.717) is 35.6 Å². The first-order valence-electron chi connectivity index (χ1n) is 12.5. The van der Waals surface area contributed by atoms with Crippen molar-refractivity contribution in [3.63, 3.8) is 0 Å². The molecule has 7 heteroatoms. The number of anilines is 1. The SMILES string of the molecule is Cc1cc(C)c(C2C(C#N)=C(N)N(c3ccc(Br)cc3)C3=C2C(=O)CCC3)cc1CSc1ccc(F)cc1. The Hall–Kier alpha value is -3.34. The van der Waals surface area contributed by atoms with Crippen molar-refractivity contribution < 1.29 is 9.18 Å². The zero-order valence-electron chi connectivity index (χ0n) is 21.2. The van der Waals surface area contributed by atoms with Crippen molar-refractivity contribution in [3.05, 3.63) is 116 Å². The van der Waals surface area contributed by atoms with E-state index in [1.165, 1.54) is 12.1 Å². The third-order valence-electron chi connectivity index (χ3n) is 7.24. The zero-order chi connectivity index (χ0) is 27.0. The van der Waals surface area contributed by atoms with Crippen LogP contribution in [0.5, 0.6) is 0 Å². The molecule has 0 saturated carbocycles. The second-order valence-electron chi connectivity index (χ2n) is 9.67. The largest absolute Gasteiger partial charge is 0.384 e. The summed E-state index contributed by atoms with van der Waals surface area (Å²) in [6.45, 7) is 4.10. The van der Waals surface area contributed by atoms with Crippen molar-refractivity contribution >= 4 is 39.2 Å². The molecule has 2 aliphatic rings. The number of benzene rings is 3. The summed E-state index contributed by atoms with van der Waals surface area (Å²) >= 11 is 5.11. The molecule has 4 nitrogen and oxygen atoms in total. The van der Waals surface area contributed by atoms with Crippen LogP contribution >= 0.6 is 27.7 Å². The average molecular weight is 589 g/mol. The van der Waals surface area contributed by atoms with Crippen LogP contribution < -0.4 is 10.6 Å². The molecule has 38 heavy (non-hydrogen) atoms. The summed E-state index contributed by atoms with van der Waals surface area (Å²) in [5.41, 5.74) is 13.7. The molecule has 0 aromatic heterocycles. The highest BCUT2D eigenvalue weighted by atomic mass is 79.9. The first kappa shape index (κ1) is 26.3. The molecule has 0 spiro atoms. The quantitative estimate of drug-likeness (QED) is 0.308. The van der Waals surface area contributed by atoms with Gasteiger partial charge >= 0.3 is 0 Å². The second-order valence-corrected chi connectivity index (χ2v) is 11.6. The molecule has 1 aliphatic carbocycles. The van der Waals surface area contributed by atoms with Crippen molar-refractivity contribution in [2.75, 3.05) is 4.90 Å². The number of rotatable bonds is 5. The summed E-state index contributed by atoms with van der Waals surface area (Å²) in [5.74, 6) is 0.358. The minimum absolute atomic E-state index is 0.0702. The Labute approximate surface area is 235 Å². The number of Topliss-reactive ketones (excluding diaryl/α,β-unsaturated/α-hetero) is 1. The highest BCUT2D eigenvalue weighted by Crippen LogP contribution is 2.47. The summed E-state index contributed by atoms with van der Waals surface area (Å²) in [6, 6.07) is 20.8. The fourth-order valence-corrected chi connectivity index (χ4v) is 6.58. The van der Waals surface area contributed by atoms with Gasteiger partial charge in [0.15, 0.2) is 5.78 Å². The molecule has 192 valence electrons. The van der Waals surface area contributed by atoms with E-state index in [9.17, 15) is 14.4 Å². The lowest BCUT2D eigenvalue weighted by atomic mass is 9.74. The van der Waals surface area contributed by atoms with Gasteiger partial charge in [0, 0.05) is 38.5 Å². The Morgan fingerprint density at radius 2 is 1.79 bits per heavy atom. The van der Waals surface area contributed by atoms with Crippen LogP contribution in [-0.2, 0) is 10.5 Å². The molecule has 1 aliphatic heterocycles. The van der Waals surface area contributed by atoms with Gasteiger partial charge in [-0.1, -0.05) is 28.1 Å². The van der Waals surface area contributed by atoms with Crippen molar-refractivity contribution in [1.82, 2.24) is 0 Å². The van der Waals surface area contributed by atoms with Crippen molar-refractivity contribution in [1.29, 1.82) is 5.26 Å². The number of hydrogen-bond donors (Lipinski definition) is 1. The maximum absolute atomic E-state index is 13.5. The van der Waals surface area contributed by atoms with Crippen molar-refractivity contribution in [2.24, 2.45) is 5.73 Å². The first-order valence-corrected chi connectivity index (χ1v) is 14.3. The van der Waals surface area contributed by atoms with Gasteiger partial charge in [-0.05, 0) is 97.5 Å². The van der Waals surface area contributed by atoms with E-state index in [-0.39, 0.29) is 11.6 Å². The number of nitrogens with zero attached hydrogens (tertiary/aromatic N) is 2. The van der Waals surface area contributed by atoms with Crippen LogP contribution in [0.25, 0.3) is 0 Å². The van der Waals surface area contributed by atoms with Crippen LogP contribution in [0, 0.1) is 31.0 Å². The Morgan fingerprint density at radius 3 is 2.47 bits per heavy atom. The van der Waals surface area contributed by atoms with E-state index in [4.69, 9.17) is 5.73 Å². The van der Waals surface area contributed by atoms with Gasteiger partial charge in [0.25, 0.3) is 0 Å². The van der Waals surface area contributed by atoms with E-state index in [1.54, 1.807) is 23.9 Å². The first-order chi connectivity index (χ1) is 18.3. The molecule has 2 N–H and O–H groups in total. The number of carbonyl (C=O) groups is 1. The maximum Gasteiger partial charge on any atom is 0.161 e. The molecule has 1 atom stereocenters. The van der Waals surface area contributed by atoms with Crippen molar-refractivity contribution in [2.45, 2.75) is 49.7 Å². The lowest BCUT2D eigenvalue weighted by Gasteiger charge is -2.40. The van der Waals surface area contributed by atoms with Gasteiger partial charge in [0.05, 0.1) is 17.6 Å². The van der Waals surface area contributed by atoms with Crippen LogP contribution in [0.3, 0.4) is 0 Å². The average Bonchev–Trinajstić information content (AvgIpc) is 2.90. The number of aryl methyl sites for hydroxylation is 2. The monoisotopic (exact) mass is 587 g/mol. The van der Waals surface area contributed by atoms with E-state index >= 15 is 0 Å². The molecule has 0 saturated heterocycles. The summed E-state index contributed by atoms with van der Waals surface area (Å²) in [7, 11) is 0. The highest BCUT2D eigenvalue weighted by Gasteiger charge is 2.41. The number of nitriles is 1. The Bertz CT molecular complexity index is 1520. The standard InChI is InChI=1S/C31H27BrFN3OS/c1-18-14-19(2)25(15-20(18)17-38-24-12-8-22(33)9-13-24)29-26(16-34)31(35)36(23-10-6-21(32)7-11-23)27-4-3-5-28(37)30(27)29/h6-15,29H,3-5,17,35H2,1-2H3. The van der Waals surface area contributed by atoms with Gasteiger partial charge in [0.1, 0.15) is 11.6 Å². The smallest absolute Gasteiger partial charge is 0.161 e. The lowest BCUT2D eigenvalue weighted by molar-refractivity contribution is -0.116. The van der Waals surface area contributed by atoms with Gasteiger partial charge < -0.3 is 5.73 Å². The summed E-state index contributed by atoms with van der Waals surface area (Å²) in [4.78, 5) is 16.4. The van der Waals surface area contributed by atoms with Crippen molar-refractivity contribution in [3.8, 4) is 6.07 Å². The normalized spacial score (nSPS) is 17.5. The van der Waals surface area contributed by atoms with E-state index in [0.717, 1.165) is 49.4 Å². The number of nitrogens with two attached hydrogens (primary N) is 1.